The molecule has 5 rings (SSSR count). The molecule has 0 aromatic heterocycles. The van der Waals surface area contributed by atoms with Crippen LogP contribution in [-0.2, 0) is 9.59 Å². The van der Waals surface area contributed by atoms with Crippen LogP contribution >= 0.6 is 0 Å². The van der Waals surface area contributed by atoms with Gasteiger partial charge in [0, 0.05) is 24.9 Å². The molecule has 0 saturated carbocycles. The van der Waals surface area contributed by atoms with E-state index >= 15 is 0 Å². The van der Waals surface area contributed by atoms with E-state index in [0.717, 1.165) is 11.1 Å². The summed E-state index contributed by atoms with van der Waals surface area (Å²) in [5, 5.41) is 27.4. The fourth-order valence-electron chi connectivity index (χ4n) is 4.63. The number of amides is 2. The zero-order valence-electron chi connectivity index (χ0n) is 20.1. The number of carbonyl (C=O) groups excluding carboxylic acids is 2. The van der Waals surface area contributed by atoms with Crippen LogP contribution in [0.4, 0.5) is 5.69 Å². The van der Waals surface area contributed by atoms with Gasteiger partial charge in [-0.25, -0.2) is 0 Å². The summed E-state index contributed by atoms with van der Waals surface area (Å²) in [4.78, 5) is 27.6. The van der Waals surface area contributed by atoms with Crippen LogP contribution in [0.3, 0.4) is 0 Å². The number of para-hydroxylation sites is 1. The van der Waals surface area contributed by atoms with Gasteiger partial charge in [-0.3, -0.25) is 14.6 Å². The van der Waals surface area contributed by atoms with Gasteiger partial charge in [-0.2, -0.15) is 5.01 Å². The predicted octanol–water partition coefficient (Wildman–Crippen LogP) is 3.78. The van der Waals surface area contributed by atoms with E-state index in [9.17, 15) is 19.8 Å². The minimum absolute atomic E-state index is 0.0263. The zero-order chi connectivity index (χ0) is 25.8. The van der Waals surface area contributed by atoms with Crippen LogP contribution in [0.25, 0.3) is 0 Å². The second kappa shape index (κ2) is 10.7. The van der Waals surface area contributed by atoms with E-state index in [0.29, 0.717) is 5.69 Å². The highest BCUT2D eigenvalue weighted by molar-refractivity contribution is 5.95. The first kappa shape index (κ1) is 24.3. The van der Waals surface area contributed by atoms with Gasteiger partial charge < -0.3 is 20.4 Å². The molecule has 2 aliphatic heterocycles. The van der Waals surface area contributed by atoms with E-state index < -0.39 is 17.8 Å². The number of anilines is 1. The Labute approximate surface area is 215 Å². The van der Waals surface area contributed by atoms with E-state index in [2.05, 4.69) is 5.32 Å². The Morgan fingerprint density at radius 1 is 0.919 bits per heavy atom. The molecule has 0 spiro atoms. The largest absolute Gasteiger partial charge is 0.507 e. The van der Waals surface area contributed by atoms with Crippen molar-refractivity contribution in [1.29, 1.82) is 0 Å². The molecule has 3 aromatic carbocycles. The Hall–Kier alpha value is -4.40. The lowest BCUT2D eigenvalue weighted by Gasteiger charge is -2.48. The number of hydrogen-bond acceptors (Lipinski definition) is 6. The van der Waals surface area contributed by atoms with Crippen LogP contribution in [0.15, 0.2) is 115 Å². The number of benzene rings is 3. The lowest BCUT2D eigenvalue weighted by Crippen LogP contribution is -2.59. The van der Waals surface area contributed by atoms with Gasteiger partial charge in [0.15, 0.2) is 11.5 Å². The van der Waals surface area contributed by atoms with Crippen molar-refractivity contribution in [1.82, 2.24) is 14.9 Å². The van der Waals surface area contributed by atoms with Gasteiger partial charge in [0.05, 0.1) is 12.7 Å². The normalized spacial score (nSPS) is 17.8. The number of nitrogens with one attached hydrogen (secondary N) is 1. The van der Waals surface area contributed by atoms with Gasteiger partial charge in [0.1, 0.15) is 6.10 Å². The standard InChI is InChI=1S/C29H28N4O4/c34-24-16-19-32-27(28(24)36)29(37)31(18-17-25(35)30-23-14-8-3-9-15-23)20-33(32)26(21-10-4-1-5-11-21)22-12-6-2-7-13-22/h1-16,19,24,26,34,36H,17-18,20H2,(H,30,35). The molecule has 3 aromatic rings. The second-order valence-electron chi connectivity index (χ2n) is 8.90. The Bertz CT molecular complexity index is 1270. The highest BCUT2D eigenvalue weighted by Crippen LogP contribution is 2.37. The number of nitrogens with zero attached hydrogens (tertiary/aromatic N) is 3. The fraction of sp³-hybridized carbons (Fsp3) is 0.172. The van der Waals surface area contributed by atoms with E-state index in [1.807, 2.05) is 83.9 Å². The molecule has 2 aliphatic rings. The smallest absolute Gasteiger partial charge is 0.276 e. The molecule has 8 nitrogen and oxygen atoms in total. The molecule has 188 valence electrons. The molecule has 2 amide bonds. The molecule has 1 atom stereocenters. The summed E-state index contributed by atoms with van der Waals surface area (Å²) in [7, 11) is 0. The zero-order valence-corrected chi connectivity index (χ0v) is 20.1. The summed E-state index contributed by atoms with van der Waals surface area (Å²) in [5.74, 6) is -1.10. The van der Waals surface area contributed by atoms with Crippen molar-refractivity contribution in [3.05, 3.63) is 126 Å². The van der Waals surface area contributed by atoms with Gasteiger partial charge in [0.25, 0.3) is 5.91 Å². The Balaban J connectivity index is 1.47. The Morgan fingerprint density at radius 2 is 1.49 bits per heavy atom. The van der Waals surface area contributed by atoms with Gasteiger partial charge in [-0.1, -0.05) is 78.9 Å². The molecular formula is C29H28N4O4. The average Bonchev–Trinajstić information content (AvgIpc) is 2.93. The summed E-state index contributed by atoms with van der Waals surface area (Å²) in [6.07, 6.45) is 1.83. The number of hydrazine groups is 1. The van der Waals surface area contributed by atoms with Crippen LogP contribution in [-0.4, -0.2) is 56.3 Å². The van der Waals surface area contributed by atoms with Crippen LogP contribution in [0.2, 0.25) is 0 Å². The maximum Gasteiger partial charge on any atom is 0.276 e. The van der Waals surface area contributed by atoms with Crippen LogP contribution in [0.5, 0.6) is 0 Å². The molecule has 37 heavy (non-hydrogen) atoms. The number of fused-ring (bicyclic) bond motifs is 1. The van der Waals surface area contributed by atoms with E-state index in [1.165, 1.54) is 11.0 Å². The SMILES string of the molecule is O=C(CCN1CN(C(c2ccccc2)c2ccccc2)N2C=CC(O)C(O)=C2C1=O)Nc1ccccc1. The highest BCUT2D eigenvalue weighted by Gasteiger charge is 2.42. The van der Waals surface area contributed by atoms with E-state index in [1.54, 1.807) is 23.3 Å². The third-order valence-electron chi connectivity index (χ3n) is 6.44. The van der Waals surface area contributed by atoms with Crippen molar-refractivity contribution in [2.45, 2.75) is 18.6 Å². The first-order valence-electron chi connectivity index (χ1n) is 12.1. The summed E-state index contributed by atoms with van der Waals surface area (Å²) >= 11 is 0. The van der Waals surface area contributed by atoms with Crippen molar-refractivity contribution >= 4 is 17.5 Å². The van der Waals surface area contributed by atoms with E-state index in [4.69, 9.17) is 0 Å². The molecule has 0 aliphatic carbocycles. The summed E-state index contributed by atoms with van der Waals surface area (Å²) in [6.45, 7) is 0.303. The monoisotopic (exact) mass is 496 g/mol. The highest BCUT2D eigenvalue weighted by atomic mass is 16.3. The average molecular weight is 497 g/mol. The van der Waals surface area contributed by atoms with Crippen molar-refractivity contribution < 1.29 is 19.8 Å². The summed E-state index contributed by atoms with van der Waals surface area (Å²) < 4.78 is 0. The van der Waals surface area contributed by atoms with Gasteiger partial charge in [-0.15, -0.1) is 0 Å². The molecule has 1 fully saturated rings. The topological polar surface area (TPSA) is 96.4 Å². The summed E-state index contributed by atoms with van der Waals surface area (Å²) in [5.41, 5.74) is 2.63. The molecule has 0 bridgehead atoms. The minimum atomic E-state index is -1.29. The molecule has 1 unspecified atom stereocenters. The minimum Gasteiger partial charge on any atom is -0.507 e. The number of hydrogen-bond donors (Lipinski definition) is 3. The fourth-order valence-corrected chi connectivity index (χ4v) is 4.63. The van der Waals surface area contributed by atoms with Crippen LogP contribution < -0.4 is 5.32 Å². The molecule has 2 heterocycles. The molecule has 3 N–H and O–H groups in total. The molecule has 1 saturated heterocycles. The predicted molar refractivity (Wildman–Crippen MR) is 139 cm³/mol. The quantitative estimate of drug-likeness (QED) is 0.461. The Kier molecular flexibility index (Phi) is 7.02. The lowest BCUT2D eigenvalue weighted by atomic mass is 9.97. The van der Waals surface area contributed by atoms with E-state index in [-0.39, 0.29) is 37.3 Å². The lowest BCUT2D eigenvalue weighted by molar-refractivity contribution is -0.150. The first-order valence-corrected chi connectivity index (χ1v) is 12.1. The van der Waals surface area contributed by atoms with Crippen LogP contribution in [0, 0.1) is 0 Å². The van der Waals surface area contributed by atoms with Crippen molar-refractivity contribution in [2.24, 2.45) is 0 Å². The van der Waals surface area contributed by atoms with Crippen molar-refractivity contribution in [2.75, 3.05) is 18.5 Å². The van der Waals surface area contributed by atoms with Crippen molar-refractivity contribution in [3.8, 4) is 0 Å². The molecule has 8 heteroatoms. The van der Waals surface area contributed by atoms with Gasteiger partial charge >= 0.3 is 0 Å². The maximum absolute atomic E-state index is 13.5. The maximum atomic E-state index is 13.5. The van der Waals surface area contributed by atoms with Gasteiger partial charge in [-0.05, 0) is 29.3 Å². The molecular weight excluding hydrogens is 468 g/mol. The Morgan fingerprint density at radius 3 is 2.08 bits per heavy atom. The third kappa shape index (κ3) is 5.11. The first-order chi connectivity index (χ1) is 18.0. The van der Waals surface area contributed by atoms with Gasteiger partial charge in [0.2, 0.25) is 5.91 Å². The number of rotatable bonds is 7. The third-order valence-corrected chi connectivity index (χ3v) is 6.44. The second-order valence-corrected chi connectivity index (χ2v) is 8.90. The summed E-state index contributed by atoms with van der Waals surface area (Å²) in [6, 6.07) is 28.6. The number of carbonyl (C=O) groups is 2. The van der Waals surface area contributed by atoms with Crippen molar-refractivity contribution in [3.63, 3.8) is 0 Å². The number of aliphatic hydroxyl groups excluding tert-OH is 2. The molecule has 0 radical (unpaired) electrons. The number of aliphatic hydroxyl groups is 2. The van der Waals surface area contributed by atoms with Crippen LogP contribution in [0.1, 0.15) is 23.6 Å².